The van der Waals surface area contributed by atoms with Gasteiger partial charge in [0.05, 0.1) is 5.92 Å². The summed E-state index contributed by atoms with van der Waals surface area (Å²) in [6, 6.07) is 0. The number of halogens is 3. The van der Waals surface area contributed by atoms with Crippen LogP contribution < -0.4 is 0 Å². The van der Waals surface area contributed by atoms with E-state index in [4.69, 9.17) is 0 Å². The maximum absolute atomic E-state index is 12.3. The summed E-state index contributed by atoms with van der Waals surface area (Å²) >= 11 is 0. The van der Waals surface area contributed by atoms with Gasteiger partial charge in [-0.3, -0.25) is 9.59 Å². The van der Waals surface area contributed by atoms with Gasteiger partial charge in [0.25, 0.3) is 0 Å². The van der Waals surface area contributed by atoms with Gasteiger partial charge < -0.3 is 0 Å². The van der Waals surface area contributed by atoms with Gasteiger partial charge in [-0.25, -0.2) is 0 Å². The quantitative estimate of drug-likeness (QED) is 0.670. The van der Waals surface area contributed by atoms with E-state index in [1.54, 1.807) is 0 Å². The van der Waals surface area contributed by atoms with Crippen LogP contribution in [0, 0.1) is 17.3 Å². The number of carbonyl (C=O) groups is 2. The molecule has 1 fully saturated rings. The molecule has 2 atom stereocenters. The first kappa shape index (κ1) is 14.2. The Morgan fingerprint density at radius 2 is 1.76 bits per heavy atom. The summed E-state index contributed by atoms with van der Waals surface area (Å²) in [7, 11) is 0. The van der Waals surface area contributed by atoms with Crippen LogP contribution in [-0.2, 0) is 9.59 Å². The van der Waals surface area contributed by atoms with Crippen LogP contribution in [0.4, 0.5) is 13.2 Å². The Labute approximate surface area is 98.6 Å². The summed E-state index contributed by atoms with van der Waals surface area (Å²) in [6.45, 7) is 5.76. The van der Waals surface area contributed by atoms with Crippen LogP contribution in [-0.4, -0.2) is 17.7 Å². The third-order valence-electron chi connectivity index (χ3n) is 3.47. The van der Waals surface area contributed by atoms with E-state index in [-0.39, 0.29) is 24.2 Å². The van der Waals surface area contributed by atoms with Gasteiger partial charge in [-0.2, -0.15) is 13.2 Å². The second-order valence-electron chi connectivity index (χ2n) is 5.72. The van der Waals surface area contributed by atoms with Crippen molar-refractivity contribution in [3.63, 3.8) is 0 Å². The van der Waals surface area contributed by atoms with Crippen molar-refractivity contribution in [2.24, 2.45) is 17.3 Å². The van der Waals surface area contributed by atoms with Crippen molar-refractivity contribution in [2.45, 2.75) is 46.2 Å². The predicted molar refractivity (Wildman–Crippen MR) is 56.4 cm³/mol. The van der Waals surface area contributed by atoms with Crippen molar-refractivity contribution in [2.75, 3.05) is 0 Å². The topological polar surface area (TPSA) is 34.1 Å². The Kier molecular flexibility index (Phi) is 3.69. The molecule has 0 aliphatic heterocycles. The lowest BCUT2D eigenvalue weighted by molar-refractivity contribution is -0.178. The average molecular weight is 250 g/mol. The van der Waals surface area contributed by atoms with Gasteiger partial charge in [0.1, 0.15) is 5.78 Å². The van der Waals surface area contributed by atoms with E-state index in [1.807, 2.05) is 20.8 Å². The number of hydrogen-bond donors (Lipinski definition) is 0. The summed E-state index contributed by atoms with van der Waals surface area (Å²) in [6.07, 6.45) is -4.22. The normalized spacial score (nSPS) is 27.1. The largest absolute Gasteiger partial charge is 0.450 e. The van der Waals surface area contributed by atoms with E-state index in [9.17, 15) is 22.8 Å². The van der Waals surface area contributed by atoms with Crippen LogP contribution in [0.15, 0.2) is 0 Å². The first-order valence-corrected chi connectivity index (χ1v) is 5.67. The van der Waals surface area contributed by atoms with Gasteiger partial charge in [-0.05, 0) is 24.2 Å². The van der Waals surface area contributed by atoms with Crippen LogP contribution in [0.25, 0.3) is 0 Å². The molecule has 0 N–H and O–H groups in total. The molecule has 0 radical (unpaired) electrons. The summed E-state index contributed by atoms with van der Waals surface area (Å²) in [5, 5.41) is 0. The lowest BCUT2D eigenvalue weighted by atomic mass is 9.68. The Morgan fingerprint density at radius 3 is 2.18 bits per heavy atom. The molecule has 0 aromatic carbocycles. The Bertz CT molecular complexity index is 326. The van der Waals surface area contributed by atoms with Crippen LogP contribution >= 0.6 is 0 Å². The van der Waals surface area contributed by atoms with Crippen LogP contribution in [0.1, 0.15) is 40.0 Å². The van der Waals surface area contributed by atoms with Gasteiger partial charge in [-0.1, -0.05) is 20.8 Å². The maximum Gasteiger partial charge on any atom is 0.450 e. The molecule has 0 aromatic heterocycles. The highest BCUT2D eigenvalue weighted by Crippen LogP contribution is 2.40. The molecule has 0 heterocycles. The van der Waals surface area contributed by atoms with Gasteiger partial charge in [0.2, 0.25) is 5.78 Å². The zero-order chi connectivity index (χ0) is 13.4. The third kappa shape index (κ3) is 3.30. The number of Topliss-reactive ketones (excluding diaryl/α,β-unsaturated/α-hetero) is 2. The zero-order valence-corrected chi connectivity index (χ0v) is 10.2. The highest BCUT2D eigenvalue weighted by molar-refractivity contribution is 6.05. The second-order valence-corrected chi connectivity index (χ2v) is 5.72. The van der Waals surface area contributed by atoms with Gasteiger partial charge in [0.15, 0.2) is 0 Å². The lowest BCUT2D eigenvalue weighted by Gasteiger charge is -2.36. The minimum absolute atomic E-state index is 0.0171. The number of ketones is 2. The number of carbonyl (C=O) groups excluding carboxylic acids is 2. The number of alkyl halides is 3. The van der Waals surface area contributed by atoms with E-state index in [2.05, 4.69) is 0 Å². The van der Waals surface area contributed by atoms with Gasteiger partial charge in [-0.15, -0.1) is 0 Å². The molecule has 0 amide bonds. The van der Waals surface area contributed by atoms with E-state index >= 15 is 0 Å². The Hall–Kier alpha value is -0.870. The highest BCUT2D eigenvalue weighted by Gasteiger charge is 2.48. The van der Waals surface area contributed by atoms with Crippen LogP contribution in [0.3, 0.4) is 0 Å². The molecule has 98 valence electrons. The smallest absolute Gasteiger partial charge is 0.299 e. The Balaban J connectivity index is 2.85. The number of hydrogen-bond acceptors (Lipinski definition) is 2. The first-order valence-electron chi connectivity index (χ1n) is 5.67. The van der Waals surface area contributed by atoms with Crippen molar-refractivity contribution < 1.29 is 22.8 Å². The summed E-state index contributed by atoms with van der Waals surface area (Å²) < 4.78 is 37.0. The van der Waals surface area contributed by atoms with Crippen LogP contribution in [0.2, 0.25) is 0 Å². The molecular weight excluding hydrogens is 233 g/mol. The minimum Gasteiger partial charge on any atom is -0.299 e. The zero-order valence-electron chi connectivity index (χ0n) is 10.2. The predicted octanol–water partition coefficient (Wildman–Crippen LogP) is 3.15. The lowest BCUT2D eigenvalue weighted by Crippen LogP contribution is -2.41. The van der Waals surface area contributed by atoms with E-state index < -0.39 is 23.7 Å². The second kappa shape index (κ2) is 4.42. The summed E-state index contributed by atoms with van der Waals surface area (Å²) in [5.74, 6) is -3.94. The maximum atomic E-state index is 12.3. The monoisotopic (exact) mass is 250 g/mol. The molecule has 0 saturated heterocycles. The molecule has 1 aliphatic carbocycles. The molecule has 1 saturated carbocycles. The van der Waals surface area contributed by atoms with Crippen LogP contribution in [0.5, 0.6) is 0 Å². The van der Waals surface area contributed by atoms with Gasteiger partial charge >= 0.3 is 6.18 Å². The number of rotatable bonds is 1. The summed E-state index contributed by atoms with van der Waals surface area (Å²) in [5.41, 5.74) is -0.176. The molecule has 0 spiro atoms. The van der Waals surface area contributed by atoms with Crippen molar-refractivity contribution in [3.05, 3.63) is 0 Å². The molecule has 17 heavy (non-hydrogen) atoms. The molecule has 2 unspecified atom stereocenters. The van der Waals surface area contributed by atoms with Crippen molar-refractivity contribution >= 4 is 11.6 Å². The minimum atomic E-state index is -4.90. The van der Waals surface area contributed by atoms with Crippen molar-refractivity contribution in [3.8, 4) is 0 Å². The molecule has 1 rings (SSSR count). The molecule has 5 heteroatoms. The summed E-state index contributed by atoms with van der Waals surface area (Å²) in [4.78, 5) is 22.6. The SMILES string of the molecule is CC(C)(C)C1CCC(=O)C(C(=O)C(F)(F)F)C1. The van der Waals surface area contributed by atoms with E-state index in [1.165, 1.54) is 0 Å². The van der Waals surface area contributed by atoms with E-state index in [0.29, 0.717) is 6.42 Å². The highest BCUT2D eigenvalue weighted by atomic mass is 19.4. The molecule has 0 bridgehead atoms. The van der Waals surface area contributed by atoms with Crippen molar-refractivity contribution in [1.82, 2.24) is 0 Å². The molecular formula is C12H17F3O2. The molecule has 0 aromatic rings. The fourth-order valence-corrected chi connectivity index (χ4v) is 2.26. The standard InChI is InChI=1S/C12H17F3O2/c1-11(2,3)7-4-5-9(16)8(6-7)10(17)12(13,14)15/h7-8H,4-6H2,1-3H3. The fraction of sp³-hybridized carbons (Fsp3) is 0.833. The molecule has 1 aliphatic rings. The van der Waals surface area contributed by atoms with Gasteiger partial charge in [0, 0.05) is 6.42 Å². The van der Waals surface area contributed by atoms with E-state index in [0.717, 1.165) is 0 Å². The fourth-order valence-electron chi connectivity index (χ4n) is 2.26. The Morgan fingerprint density at radius 1 is 1.24 bits per heavy atom. The third-order valence-corrected chi connectivity index (χ3v) is 3.47. The van der Waals surface area contributed by atoms with Crippen molar-refractivity contribution in [1.29, 1.82) is 0 Å². The molecule has 2 nitrogen and oxygen atoms in total. The first-order chi connectivity index (χ1) is 7.53. The average Bonchev–Trinajstić information content (AvgIpc) is 2.14.